The van der Waals surface area contributed by atoms with Crippen molar-refractivity contribution in [2.45, 2.75) is 38.8 Å². The molecule has 1 aliphatic rings. The minimum atomic E-state index is -0.775. The second kappa shape index (κ2) is 4.88. The Kier molecular flexibility index (Phi) is 3.48. The minimum absolute atomic E-state index is 0.430. The van der Waals surface area contributed by atoms with Crippen molar-refractivity contribution in [3.63, 3.8) is 0 Å². The molecule has 17 heavy (non-hydrogen) atoms. The van der Waals surface area contributed by atoms with Gasteiger partial charge >= 0.3 is 5.97 Å². The van der Waals surface area contributed by atoms with Crippen molar-refractivity contribution < 1.29 is 9.90 Å². The first kappa shape index (κ1) is 12.1. The molecule has 0 heterocycles. The third-order valence-corrected chi connectivity index (χ3v) is 3.53. The molecule has 1 aromatic carbocycles. The smallest absolute Gasteiger partial charge is 0.310 e. The first-order valence-corrected chi connectivity index (χ1v) is 6.13. The average molecular weight is 233 g/mol. The summed E-state index contributed by atoms with van der Waals surface area (Å²) in [5.74, 6) is -0.399. The van der Waals surface area contributed by atoms with Crippen molar-refractivity contribution in [1.29, 1.82) is 0 Å². The van der Waals surface area contributed by atoms with Gasteiger partial charge in [-0.25, -0.2) is 0 Å². The van der Waals surface area contributed by atoms with Crippen LogP contribution in [-0.2, 0) is 11.3 Å². The highest BCUT2D eigenvalue weighted by atomic mass is 16.4. The molecule has 0 amide bonds. The number of nitrogens with one attached hydrogen (secondary N) is 1. The van der Waals surface area contributed by atoms with E-state index in [1.54, 1.807) is 6.92 Å². The molecule has 1 saturated carbocycles. The summed E-state index contributed by atoms with van der Waals surface area (Å²) in [4.78, 5) is 10.8. The predicted molar refractivity (Wildman–Crippen MR) is 66.9 cm³/mol. The zero-order chi connectivity index (χ0) is 12.4. The number of hydrogen-bond acceptors (Lipinski definition) is 2. The van der Waals surface area contributed by atoms with E-state index < -0.39 is 11.9 Å². The summed E-state index contributed by atoms with van der Waals surface area (Å²) in [5, 5.41) is 12.4. The number of carboxylic acids is 1. The van der Waals surface area contributed by atoms with E-state index >= 15 is 0 Å². The van der Waals surface area contributed by atoms with Crippen molar-refractivity contribution >= 4 is 5.97 Å². The zero-order valence-electron chi connectivity index (χ0n) is 10.3. The molecule has 0 radical (unpaired) electrons. The van der Waals surface area contributed by atoms with Crippen molar-refractivity contribution in [2.75, 3.05) is 0 Å². The lowest BCUT2D eigenvalue weighted by atomic mass is 10.00. The van der Waals surface area contributed by atoms with Crippen molar-refractivity contribution in [2.24, 2.45) is 5.92 Å². The Bertz CT molecular complexity index is 399. The van der Waals surface area contributed by atoms with Crippen LogP contribution in [0.3, 0.4) is 0 Å². The van der Waals surface area contributed by atoms with E-state index in [1.165, 1.54) is 12.0 Å². The lowest BCUT2D eigenvalue weighted by molar-refractivity contribution is -0.138. The lowest BCUT2D eigenvalue weighted by Gasteiger charge is -2.08. The van der Waals surface area contributed by atoms with Gasteiger partial charge in [0.05, 0.1) is 5.92 Å². The molecule has 1 aliphatic carbocycles. The van der Waals surface area contributed by atoms with Crippen molar-refractivity contribution in [3.05, 3.63) is 35.4 Å². The Morgan fingerprint density at radius 3 is 2.53 bits per heavy atom. The largest absolute Gasteiger partial charge is 0.481 e. The van der Waals surface area contributed by atoms with Gasteiger partial charge in [-0.2, -0.15) is 0 Å². The molecule has 3 heteroatoms. The monoisotopic (exact) mass is 233 g/mol. The molecule has 1 fully saturated rings. The molecule has 0 aliphatic heterocycles. The molecule has 2 N–H and O–H groups in total. The minimum Gasteiger partial charge on any atom is -0.481 e. The number of carbonyl (C=O) groups is 1. The first-order chi connectivity index (χ1) is 8.08. The molecular weight excluding hydrogens is 214 g/mol. The summed E-state index contributed by atoms with van der Waals surface area (Å²) in [7, 11) is 0. The van der Waals surface area contributed by atoms with Gasteiger partial charge in [0.2, 0.25) is 0 Å². The summed E-state index contributed by atoms with van der Waals surface area (Å²) in [6.45, 7) is 4.83. The Hall–Kier alpha value is -1.35. The van der Waals surface area contributed by atoms with Gasteiger partial charge in [-0.3, -0.25) is 4.79 Å². The van der Waals surface area contributed by atoms with E-state index in [1.807, 2.05) is 24.3 Å². The third-order valence-electron chi connectivity index (χ3n) is 3.53. The molecule has 3 atom stereocenters. The Morgan fingerprint density at radius 2 is 2.06 bits per heavy atom. The number of aliphatic carboxylic acids is 1. The molecule has 92 valence electrons. The number of benzene rings is 1. The zero-order valence-corrected chi connectivity index (χ0v) is 10.3. The normalized spacial score (nSPS) is 24.4. The molecule has 0 spiro atoms. The first-order valence-electron chi connectivity index (χ1n) is 6.13. The Balaban J connectivity index is 1.90. The average Bonchev–Trinajstić information content (AvgIpc) is 3.02. The van der Waals surface area contributed by atoms with E-state index in [9.17, 15) is 4.79 Å². The second-order valence-electron chi connectivity index (χ2n) is 5.00. The van der Waals surface area contributed by atoms with Crippen LogP contribution < -0.4 is 5.32 Å². The summed E-state index contributed by atoms with van der Waals surface area (Å²) in [5.41, 5.74) is 2.08. The molecule has 0 bridgehead atoms. The molecule has 0 aromatic heterocycles. The summed E-state index contributed by atoms with van der Waals surface area (Å²) < 4.78 is 0. The highest BCUT2D eigenvalue weighted by molar-refractivity contribution is 5.75. The van der Waals surface area contributed by atoms with Gasteiger partial charge in [0.25, 0.3) is 0 Å². The SMILES string of the molecule is CC(C(=O)O)c1ccc(CNC2CC2C)cc1. The van der Waals surface area contributed by atoms with Crippen LogP contribution >= 0.6 is 0 Å². The van der Waals surface area contributed by atoms with Crippen LogP contribution in [0.15, 0.2) is 24.3 Å². The Morgan fingerprint density at radius 1 is 1.47 bits per heavy atom. The van der Waals surface area contributed by atoms with Gasteiger partial charge in [0.1, 0.15) is 0 Å². The maximum absolute atomic E-state index is 10.8. The molecule has 2 rings (SSSR count). The van der Waals surface area contributed by atoms with Crippen LogP contribution in [0.25, 0.3) is 0 Å². The Labute approximate surface area is 102 Å². The van der Waals surface area contributed by atoms with Crippen LogP contribution in [-0.4, -0.2) is 17.1 Å². The fourth-order valence-corrected chi connectivity index (χ4v) is 1.92. The number of rotatable bonds is 5. The van der Waals surface area contributed by atoms with Crippen LogP contribution in [0, 0.1) is 5.92 Å². The van der Waals surface area contributed by atoms with Crippen molar-refractivity contribution in [1.82, 2.24) is 5.32 Å². The van der Waals surface area contributed by atoms with Crippen molar-refractivity contribution in [3.8, 4) is 0 Å². The van der Waals surface area contributed by atoms with Gasteiger partial charge in [0, 0.05) is 12.6 Å². The van der Waals surface area contributed by atoms with E-state index in [0.717, 1.165) is 18.0 Å². The standard InChI is InChI=1S/C14H19NO2/c1-9-7-13(9)15-8-11-3-5-12(6-4-11)10(2)14(16)17/h3-6,9-10,13,15H,7-8H2,1-2H3,(H,16,17). The number of carboxylic acid groups (broad SMARTS) is 1. The fourth-order valence-electron chi connectivity index (χ4n) is 1.92. The topological polar surface area (TPSA) is 49.3 Å². The fraction of sp³-hybridized carbons (Fsp3) is 0.500. The van der Waals surface area contributed by atoms with Gasteiger partial charge in [-0.1, -0.05) is 31.2 Å². The van der Waals surface area contributed by atoms with E-state index in [4.69, 9.17) is 5.11 Å². The summed E-state index contributed by atoms with van der Waals surface area (Å²) in [6, 6.07) is 8.51. The molecule has 3 nitrogen and oxygen atoms in total. The van der Waals surface area contributed by atoms with Gasteiger partial charge in [-0.05, 0) is 30.4 Å². The molecule has 1 aromatic rings. The lowest BCUT2D eigenvalue weighted by Crippen LogP contribution is -2.17. The maximum atomic E-state index is 10.8. The molecular formula is C14H19NO2. The second-order valence-corrected chi connectivity index (χ2v) is 5.00. The summed E-state index contributed by atoms with van der Waals surface area (Å²) >= 11 is 0. The van der Waals surface area contributed by atoms with E-state index in [2.05, 4.69) is 12.2 Å². The van der Waals surface area contributed by atoms with E-state index in [0.29, 0.717) is 6.04 Å². The third kappa shape index (κ3) is 3.07. The number of hydrogen-bond donors (Lipinski definition) is 2. The molecule has 0 saturated heterocycles. The highest BCUT2D eigenvalue weighted by Crippen LogP contribution is 2.29. The molecule has 3 unspecified atom stereocenters. The predicted octanol–water partition coefficient (Wildman–Crippen LogP) is 2.37. The van der Waals surface area contributed by atoms with Gasteiger partial charge in [0.15, 0.2) is 0 Å². The highest BCUT2D eigenvalue weighted by Gasteiger charge is 2.31. The van der Waals surface area contributed by atoms with Crippen LogP contribution in [0.1, 0.15) is 37.3 Å². The van der Waals surface area contributed by atoms with Gasteiger partial charge < -0.3 is 10.4 Å². The quantitative estimate of drug-likeness (QED) is 0.821. The van der Waals surface area contributed by atoms with E-state index in [-0.39, 0.29) is 0 Å². The van der Waals surface area contributed by atoms with Crippen LogP contribution in [0.2, 0.25) is 0 Å². The van der Waals surface area contributed by atoms with Crippen LogP contribution in [0.5, 0.6) is 0 Å². The van der Waals surface area contributed by atoms with Gasteiger partial charge in [-0.15, -0.1) is 0 Å². The summed E-state index contributed by atoms with van der Waals surface area (Å²) in [6.07, 6.45) is 1.27. The maximum Gasteiger partial charge on any atom is 0.310 e. The van der Waals surface area contributed by atoms with Crippen LogP contribution in [0.4, 0.5) is 0 Å².